The number of nitriles is 1. The summed E-state index contributed by atoms with van der Waals surface area (Å²) in [7, 11) is -4.29. The first-order chi connectivity index (χ1) is 17.9. The van der Waals surface area contributed by atoms with E-state index in [4.69, 9.17) is 4.52 Å². The number of benzene rings is 2. The van der Waals surface area contributed by atoms with Crippen molar-refractivity contribution in [2.45, 2.75) is 42.4 Å². The average Bonchev–Trinajstić information content (AvgIpc) is 3.49. The van der Waals surface area contributed by atoms with Crippen molar-refractivity contribution in [2.75, 3.05) is 5.75 Å². The summed E-state index contributed by atoms with van der Waals surface area (Å²) in [5.74, 6) is -3.95. The van der Waals surface area contributed by atoms with E-state index in [0.717, 1.165) is 24.3 Å². The van der Waals surface area contributed by atoms with Crippen LogP contribution in [0.1, 0.15) is 30.3 Å². The van der Waals surface area contributed by atoms with Crippen molar-refractivity contribution in [1.29, 1.82) is 5.26 Å². The first kappa shape index (κ1) is 27.2. The molecule has 1 aromatic heterocycles. The maximum atomic E-state index is 14.0. The van der Waals surface area contributed by atoms with Crippen molar-refractivity contribution in [3.8, 4) is 17.5 Å². The molecule has 1 aliphatic carbocycles. The highest BCUT2D eigenvalue weighted by atomic mass is 32.2. The van der Waals surface area contributed by atoms with Gasteiger partial charge >= 0.3 is 6.18 Å². The van der Waals surface area contributed by atoms with Crippen LogP contribution < -0.4 is 10.6 Å². The topological polar surface area (TPSA) is 138 Å². The fourth-order valence-electron chi connectivity index (χ4n) is 3.67. The molecular weight excluding hydrogens is 530 g/mol. The zero-order chi connectivity index (χ0) is 27.6. The third kappa shape index (κ3) is 6.73. The summed E-state index contributed by atoms with van der Waals surface area (Å²) >= 11 is 0. The van der Waals surface area contributed by atoms with Gasteiger partial charge in [0.05, 0.1) is 11.8 Å². The fraction of sp³-hybridized carbons (Fsp3) is 0.333. The highest BCUT2D eigenvalue weighted by molar-refractivity contribution is 7.90. The molecule has 200 valence electrons. The molecule has 2 aromatic carbocycles. The van der Waals surface area contributed by atoms with Crippen LogP contribution in [0.3, 0.4) is 0 Å². The molecule has 3 aromatic rings. The minimum atomic E-state index is -4.97. The van der Waals surface area contributed by atoms with E-state index in [0.29, 0.717) is 5.56 Å². The second kappa shape index (κ2) is 10.5. The smallest absolute Gasteiger partial charge is 0.336 e. The van der Waals surface area contributed by atoms with Crippen LogP contribution in [0.25, 0.3) is 11.5 Å². The molecule has 0 saturated heterocycles. The molecule has 1 heterocycles. The van der Waals surface area contributed by atoms with Gasteiger partial charge in [0.2, 0.25) is 5.91 Å². The van der Waals surface area contributed by atoms with Crippen LogP contribution in [0.5, 0.6) is 0 Å². The van der Waals surface area contributed by atoms with Crippen LogP contribution in [0.2, 0.25) is 0 Å². The Labute approximate surface area is 214 Å². The number of alkyl halides is 3. The van der Waals surface area contributed by atoms with Crippen LogP contribution in [0.4, 0.5) is 17.6 Å². The van der Waals surface area contributed by atoms with Crippen molar-refractivity contribution in [1.82, 2.24) is 20.8 Å². The summed E-state index contributed by atoms with van der Waals surface area (Å²) in [6.07, 6.45) is -4.41. The molecule has 4 rings (SSSR count). The van der Waals surface area contributed by atoms with Gasteiger partial charge < -0.3 is 9.84 Å². The van der Waals surface area contributed by atoms with E-state index in [-0.39, 0.29) is 24.6 Å². The van der Waals surface area contributed by atoms with E-state index in [2.05, 4.69) is 20.8 Å². The van der Waals surface area contributed by atoms with Gasteiger partial charge in [-0.15, -0.1) is 0 Å². The number of rotatable bonds is 10. The Morgan fingerprint density at radius 3 is 2.37 bits per heavy atom. The highest BCUT2D eigenvalue weighted by Crippen LogP contribution is 2.36. The van der Waals surface area contributed by atoms with E-state index < -0.39 is 62.4 Å². The van der Waals surface area contributed by atoms with E-state index in [1.807, 2.05) is 6.07 Å². The van der Waals surface area contributed by atoms with Gasteiger partial charge in [-0.2, -0.15) is 23.4 Å². The van der Waals surface area contributed by atoms with Gasteiger partial charge in [-0.25, -0.2) is 12.8 Å². The zero-order valence-corrected chi connectivity index (χ0v) is 20.4. The Morgan fingerprint density at radius 2 is 1.79 bits per heavy atom. The maximum absolute atomic E-state index is 14.0. The molecule has 1 fully saturated rings. The molecule has 38 heavy (non-hydrogen) atoms. The number of carbonyl (C=O) groups excluding carboxylic acids is 1. The summed E-state index contributed by atoms with van der Waals surface area (Å²) in [6.45, 7) is 0. The molecule has 0 spiro atoms. The molecule has 0 bridgehead atoms. The Hall–Kier alpha value is -3.83. The lowest BCUT2D eigenvalue weighted by Gasteiger charge is -2.28. The van der Waals surface area contributed by atoms with Crippen LogP contribution in [0.15, 0.2) is 59.1 Å². The second-order valence-electron chi connectivity index (χ2n) is 8.86. The number of halogens is 4. The first-order valence-electron chi connectivity index (χ1n) is 11.3. The van der Waals surface area contributed by atoms with Crippen LogP contribution in [-0.2, 0) is 20.4 Å². The molecule has 1 amide bonds. The van der Waals surface area contributed by atoms with Crippen molar-refractivity contribution >= 4 is 15.7 Å². The lowest BCUT2D eigenvalue weighted by Crippen LogP contribution is -2.54. The minimum Gasteiger partial charge on any atom is -0.336 e. The number of hydrogen-bond donors (Lipinski definition) is 2. The lowest BCUT2D eigenvalue weighted by atomic mass is 10.0. The Morgan fingerprint density at radius 1 is 1.13 bits per heavy atom. The Bertz CT molecular complexity index is 1430. The third-order valence-corrected chi connectivity index (χ3v) is 7.34. The fourth-order valence-corrected chi connectivity index (χ4v) is 5.05. The number of hydrogen-bond acceptors (Lipinski definition) is 8. The van der Waals surface area contributed by atoms with Gasteiger partial charge in [0.1, 0.15) is 29.2 Å². The minimum absolute atomic E-state index is 0.0429. The van der Waals surface area contributed by atoms with Gasteiger partial charge in [0.15, 0.2) is 15.7 Å². The molecule has 0 aliphatic heterocycles. The number of aromatic nitrogens is 2. The lowest BCUT2D eigenvalue weighted by molar-refractivity contribution is -0.160. The maximum Gasteiger partial charge on any atom is 0.407 e. The molecule has 1 saturated carbocycles. The van der Waals surface area contributed by atoms with Crippen molar-refractivity contribution in [2.24, 2.45) is 0 Å². The van der Waals surface area contributed by atoms with Crippen LogP contribution in [-0.4, -0.2) is 48.0 Å². The molecule has 0 unspecified atom stereocenters. The number of amides is 1. The van der Waals surface area contributed by atoms with E-state index in [9.17, 15) is 36.0 Å². The van der Waals surface area contributed by atoms with Crippen molar-refractivity contribution in [3.63, 3.8) is 0 Å². The van der Waals surface area contributed by atoms with E-state index in [1.165, 1.54) is 0 Å². The SMILES string of the molecule is N#CC1(NC(=O)[C@H](CS(=O)(=O)Cc2noc(-c3ccccc3)n2)N[C@@H](c2ccc(F)cc2)C(F)(F)F)CC1. The summed E-state index contributed by atoms with van der Waals surface area (Å²) in [5, 5.41) is 17.3. The standard InChI is InChI=1S/C24H21F4N5O4S/c25-17-8-6-15(7-9-17)20(24(26,27)28)30-18(21(34)32-23(14-29)10-11-23)12-38(35,36)13-19-31-22(37-33-19)16-4-2-1-3-5-16/h1-9,18,20,30H,10-13H2,(H,32,34)/t18-,20-/m0/s1. The van der Waals surface area contributed by atoms with E-state index >= 15 is 0 Å². The summed E-state index contributed by atoms with van der Waals surface area (Å²) < 4.78 is 86.3. The summed E-state index contributed by atoms with van der Waals surface area (Å²) in [6, 6.07) is 9.34. The molecule has 2 atom stereocenters. The molecule has 2 N–H and O–H groups in total. The number of nitrogens with one attached hydrogen (secondary N) is 2. The quantitative estimate of drug-likeness (QED) is 0.367. The second-order valence-corrected chi connectivity index (χ2v) is 11.0. The molecule has 1 aliphatic rings. The highest BCUT2D eigenvalue weighted by Gasteiger charge is 2.48. The Balaban J connectivity index is 1.58. The first-order valence-corrected chi connectivity index (χ1v) is 13.1. The summed E-state index contributed by atoms with van der Waals surface area (Å²) in [4.78, 5) is 17.0. The van der Waals surface area contributed by atoms with Gasteiger partial charge in [0.25, 0.3) is 5.89 Å². The number of nitrogens with zero attached hydrogens (tertiary/aromatic N) is 3. The summed E-state index contributed by atoms with van der Waals surface area (Å²) in [5.41, 5.74) is -1.16. The average molecular weight is 552 g/mol. The monoisotopic (exact) mass is 551 g/mol. The zero-order valence-electron chi connectivity index (χ0n) is 19.6. The Kier molecular flexibility index (Phi) is 7.52. The molecule has 0 radical (unpaired) electrons. The number of sulfone groups is 1. The van der Waals surface area contributed by atoms with Gasteiger partial charge in [-0.3, -0.25) is 10.1 Å². The van der Waals surface area contributed by atoms with Crippen LogP contribution >= 0.6 is 0 Å². The molecule has 14 heteroatoms. The predicted octanol–water partition coefficient (Wildman–Crippen LogP) is 3.22. The largest absolute Gasteiger partial charge is 0.407 e. The van der Waals surface area contributed by atoms with Gasteiger partial charge in [0, 0.05) is 5.56 Å². The predicted molar refractivity (Wildman–Crippen MR) is 125 cm³/mol. The molecular formula is C24H21F4N5O4S. The number of carbonyl (C=O) groups is 1. The van der Waals surface area contributed by atoms with Crippen molar-refractivity contribution < 1.29 is 35.3 Å². The van der Waals surface area contributed by atoms with Crippen molar-refractivity contribution in [3.05, 3.63) is 71.8 Å². The van der Waals surface area contributed by atoms with E-state index in [1.54, 1.807) is 30.3 Å². The van der Waals surface area contributed by atoms with Crippen LogP contribution in [0, 0.1) is 17.1 Å². The van der Waals surface area contributed by atoms with Gasteiger partial charge in [-0.1, -0.05) is 35.5 Å². The third-order valence-electron chi connectivity index (χ3n) is 5.80. The normalized spacial score (nSPS) is 16.3. The molecule has 9 nitrogen and oxygen atoms in total. The van der Waals surface area contributed by atoms with Gasteiger partial charge in [-0.05, 0) is 42.7 Å².